The van der Waals surface area contributed by atoms with Crippen molar-refractivity contribution in [1.82, 2.24) is 5.01 Å². The van der Waals surface area contributed by atoms with Crippen LogP contribution in [-0.2, 0) is 0 Å². The van der Waals surface area contributed by atoms with Crippen molar-refractivity contribution in [3.63, 3.8) is 0 Å². The van der Waals surface area contributed by atoms with E-state index in [4.69, 9.17) is 5.73 Å². The van der Waals surface area contributed by atoms with Crippen molar-refractivity contribution < 1.29 is 5.03 Å². The zero-order chi connectivity index (χ0) is 12.0. The van der Waals surface area contributed by atoms with E-state index in [-0.39, 0.29) is 5.96 Å². The molecule has 0 bridgehead atoms. The van der Waals surface area contributed by atoms with Gasteiger partial charge in [0.15, 0.2) is 5.03 Å². The fourth-order valence-corrected chi connectivity index (χ4v) is 0.900. The summed E-state index contributed by atoms with van der Waals surface area (Å²) in [6.07, 6.45) is 1.53. The molecule has 2 N–H and O–H groups in total. The molecule has 0 atom stereocenters. The standard InChI is InChI=1S/C9H11N5O2/c1-13(9(10)12-14(15)16)11-7-8-5-3-2-4-6-8/h2-7H,1H3,(H2,10,12)/b11-7+. The molecule has 16 heavy (non-hydrogen) atoms. The molecule has 0 aromatic heterocycles. The lowest BCUT2D eigenvalue weighted by Gasteiger charge is -2.07. The van der Waals surface area contributed by atoms with E-state index in [1.54, 1.807) is 0 Å². The second-order valence-corrected chi connectivity index (χ2v) is 2.87. The number of guanidine groups is 1. The third kappa shape index (κ3) is 3.74. The predicted octanol–water partition coefficient (Wildman–Crippen LogP) is 0.459. The van der Waals surface area contributed by atoms with E-state index in [0.29, 0.717) is 0 Å². The van der Waals surface area contributed by atoms with Crippen molar-refractivity contribution in [3.8, 4) is 0 Å². The lowest BCUT2D eigenvalue weighted by molar-refractivity contribution is -0.485. The van der Waals surface area contributed by atoms with Crippen molar-refractivity contribution in [2.45, 2.75) is 0 Å². The summed E-state index contributed by atoms with van der Waals surface area (Å²) in [5.41, 5.74) is 6.17. The van der Waals surface area contributed by atoms with Gasteiger partial charge in [0, 0.05) is 7.05 Å². The summed E-state index contributed by atoms with van der Waals surface area (Å²) >= 11 is 0. The number of nitrogens with zero attached hydrogens (tertiary/aromatic N) is 4. The third-order valence-electron chi connectivity index (χ3n) is 1.70. The molecule has 0 heterocycles. The third-order valence-corrected chi connectivity index (χ3v) is 1.70. The van der Waals surface area contributed by atoms with Crippen molar-refractivity contribution >= 4 is 12.2 Å². The van der Waals surface area contributed by atoms with Gasteiger partial charge in [-0.25, -0.2) is 15.1 Å². The lowest BCUT2D eigenvalue weighted by atomic mass is 10.2. The summed E-state index contributed by atoms with van der Waals surface area (Å²) in [6, 6.07) is 9.28. The van der Waals surface area contributed by atoms with Crippen LogP contribution in [0.3, 0.4) is 0 Å². The first kappa shape index (κ1) is 11.6. The van der Waals surface area contributed by atoms with Crippen LogP contribution < -0.4 is 5.73 Å². The van der Waals surface area contributed by atoms with E-state index in [2.05, 4.69) is 10.2 Å². The highest BCUT2D eigenvalue weighted by Crippen LogP contribution is 1.95. The quantitative estimate of drug-likeness (QED) is 0.347. The van der Waals surface area contributed by atoms with E-state index in [1.807, 2.05) is 30.3 Å². The molecule has 0 saturated heterocycles. The van der Waals surface area contributed by atoms with Gasteiger partial charge in [-0.3, -0.25) is 0 Å². The highest BCUT2D eigenvalue weighted by molar-refractivity contribution is 5.82. The molecule has 0 aliphatic rings. The van der Waals surface area contributed by atoms with Crippen LogP contribution in [0.25, 0.3) is 0 Å². The monoisotopic (exact) mass is 221 g/mol. The average molecular weight is 221 g/mol. The summed E-state index contributed by atoms with van der Waals surface area (Å²) in [6.45, 7) is 0. The molecular formula is C9H11N5O2. The van der Waals surface area contributed by atoms with E-state index in [1.165, 1.54) is 13.3 Å². The average Bonchev–Trinajstić information content (AvgIpc) is 2.26. The number of hydrogen-bond acceptors (Lipinski definition) is 3. The van der Waals surface area contributed by atoms with Crippen LogP contribution in [0.2, 0.25) is 0 Å². The predicted molar refractivity (Wildman–Crippen MR) is 60.4 cm³/mol. The number of nitro groups is 1. The minimum atomic E-state index is -0.871. The first-order valence-electron chi connectivity index (χ1n) is 4.41. The topological polar surface area (TPSA) is 97.1 Å². The zero-order valence-electron chi connectivity index (χ0n) is 8.65. The Morgan fingerprint density at radius 3 is 2.69 bits per heavy atom. The van der Waals surface area contributed by atoms with Crippen LogP contribution in [0.5, 0.6) is 0 Å². The maximum absolute atomic E-state index is 10.0. The normalized spacial score (nSPS) is 11.7. The number of benzene rings is 1. The number of hydrogen-bond donors (Lipinski definition) is 1. The second-order valence-electron chi connectivity index (χ2n) is 2.87. The van der Waals surface area contributed by atoms with Gasteiger partial charge in [-0.1, -0.05) is 30.3 Å². The Hall–Kier alpha value is -2.44. The zero-order valence-corrected chi connectivity index (χ0v) is 8.65. The van der Waals surface area contributed by atoms with Gasteiger partial charge in [-0.05, 0) is 5.56 Å². The summed E-state index contributed by atoms with van der Waals surface area (Å²) in [5, 5.41) is 17.1. The largest absolute Gasteiger partial charge is 0.363 e. The molecular weight excluding hydrogens is 210 g/mol. The molecule has 1 rings (SSSR count). The van der Waals surface area contributed by atoms with Crippen LogP contribution in [0.4, 0.5) is 0 Å². The summed E-state index contributed by atoms with van der Waals surface area (Å²) < 4.78 is 0. The fourth-order valence-electron chi connectivity index (χ4n) is 0.900. The summed E-state index contributed by atoms with van der Waals surface area (Å²) in [5.74, 6) is -0.280. The van der Waals surface area contributed by atoms with Gasteiger partial charge in [0.2, 0.25) is 0 Å². The van der Waals surface area contributed by atoms with Crippen LogP contribution in [-0.4, -0.2) is 29.3 Å². The molecule has 0 fully saturated rings. The SMILES string of the molecule is CN(/N=C/c1ccccc1)/C(N)=N/[N+](=O)[O-]. The molecule has 0 aliphatic carbocycles. The highest BCUT2D eigenvalue weighted by Gasteiger charge is 2.03. The Labute approximate surface area is 92.0 Å². The van der Waals surface area contributed by atoms with E-state index in [0.717, 1.165) is 10.6 Å². The maximum atomic E-state index is 10.0. The molecule has 1 aromatic rings. The van der Waals surface area contributed by atoms with Crippen molar-refractivity contribution in [1.29, 1.82) is 0 Å². The lowest BCUT2D eigenvalue weighted by Crippen LogP contribution is -2.30. The van der Waals surface area contributed by atoms with Crippen LogP contribution >= 0.6 is 0 Å². The fraction of sp³-hybridized carbons (Fsp3) is 0.111. The maximum Gasteiger partial charge on any atom is 0.288 e. The Balaban J connectivity index is 2.68. The minimum Gasteiger partial charge on any atom is -0.363 e. The first-order chi connectivity index (χ1) is 7.59. The Morgan fingerprint density at radius 1 is 1.50 bits per heavy atom. The van der Waals surface area contributed by atoms with Gasteiger partial charge in [0.05, 0.1) is 6.21 Å². The number of nitrogens with two attached hydrogens (primary N) is 1. The van der Waals surface area contributed by atoms with Gasteiger partial charge in [0.25, 0.3) is 5.96 Å². The van der Waals surface area contributed by atoms with E-state index >= 15 is 0 Å². The van der Waals surface area contributed by atoms with Gasteiger partial charge in [0.1, 0.15) is 5.10 Å². The summed E-state index contributed by atoms with van der Waals surface area (Å²) in [4.78, 5) is 10.0. The molecule has 0 aliphatic heterocycles. The Kier molecular flexibility index (Phi) is 3.96. The molecule has 84 valence electrons. The van der Waals surface area contributed by atoms with Gasteiger partial charge in [-0.15, -0.1) is 0 Å². The highest BCUT2D eigenvalue weighted by atomic mass is 16.7. The minimum absolute atomic E-state index is 0.280. The van der Waals surface area contributed by atoms with Crippen molar-refractivity contribution in [2.24, 2.45) is 15.9 Å². The molecule has 0 amide bonds. The molecule has 0 radical (unpaired) electrons. The van der Waals surface area contributed by atoms with Gasteiger partial charge in [-0.2, -0.15) is 5.10 Å². The molecule has 0 unspecified atom stereocenters. The van der Waals surface area contributed by atoms with Crippen LogP contribution in [0.15, 0.2) is 40.5 Å². The molecule has 7 nitrogen and oxygen atoms in total. The number of hydrazone groups is 2. The smallest absolute Gasteiger partial charge is 0.288 e. The van der Waals surface area contributed by atoms with E-state index in [9.17, 15) is 10.1 Å². The van der Waals surface area contributed by atoms with Crippen LogP contribution in [0, 0.1) is 10.1 Å². The Morgan fingerprint density at radius 2 is 2.12 bits per heavy atom. The van der Waals surface area contributed by atoms with E-state index < -0.39 is 5.03 Å². The first-order valence-corrected chi connectivity index (χ1v) is 4.41. The molecule has 7 heteroatoms. The molecule has 0 spiro atoms. The number of rotatable bonds is 3. The van der Waals surface area contributed by atoms with Crippen molar-refractivity contribution in [3.05, 3.63) is 46.0 Å². The Bertz CT molecular complexity index is 415. The molecule has 0 saturated carbocycles. The van der Waals surface area contributed by atoms with Gasteiger partial charge < -0.3 is 5.73 Å². The molecule has 1 aromatic carbocycles. The van der Waals surface area contributed by atoms with Gasteiger partial charge >= 0.3 is 0 Å². The summed E-state index contributed by atoms with van der Waals surface area (Å²) in [7, 11) is 1.47. The van der Waals surface area contributed by atoms with Crippen LogP contribution in [0.1, 0.15) is 5.56 Å². The second kappa shape index (κ2) is 5.44. The van der Waals surface area contributed by atoms with Crippen molar-refractivity contribution in [2.75, 3.05) is 7.05 Å².